The van der Waals surface area contributed by atoms with Gasteiger partial charge in [0.15, 0.2) is 11.5 Å². The number of aromatic nitrogens is 1. The van der Waals surface area contributed by atoms with Gasteiger partial charge in [-0.2, -0.15) is 0 Å². The number of anilines is 10. The van der Waals surface area contributed by atoms with Crippen molar-refractivity contribution in [2.45, 2.75) is 61.2 Å². The maximum atomic E-state index is 5.81. The van der Waals surface area contributed by atoms with E-state index in [1.165, 1.54) is 122 Å². The molecule has 13 aromatic carbocycles. The van der Waals surface area contributed by atoms with Crippen molar-refractivity contribution in [1.82, 2.24) is 4.57 Å². The minimum absolute atomic E-state index is 0.0739. The maximum absolute atomic E-state index is 5.81. The predicted molar refractivity (Wildman–Crippen MR) is 437 cm³/mol. The number of rotatable bonds is 1. The van der Waals surface area contributed by atoms with Crippen LogP contribution in [-0.2, 0) is 30.7 Å². The summed E-state index contributed by atoms with van der Waals surface area (Å²) in [4.78, 5) is 13.9. The van der Waals surface area contributed by atoms with Gasteiger partial charge in [0.1, 0.15) is 0 Å². The maximum Gasteiger partial charge on any atom is 0.151 e. The molecule has 1 aromatic heterocycles. The number of benzene rings is 13. The van der Waals surface area contributed by atoms with Gasteiger partial charge in [-0.15, -0.1) is 0 Å². The number of ether oxygens (including phenoxy) is 1. The van der Waals surface area contributed by atoms with E-state index in [1.54, 1.807) is 0 Å². The van der Waals surface area contributed by atoms with Crippen LogP contribution in [0, 0.1) is 0 Å². The number of aryl methyl sites for hydroxylation is 3. The molecule has 0 saturated heterocycles. The summed E-state index contributed by atoms with van der Waals surface area (Å²) in [6, 6.07) is 111. The molecule has 102 heavy (non-hydrogen) atoms. The van der Waals surface area contributed by atoms with Crippen molar-refractivity contribution in [3.63, 3.8) is 0 Å². The number of para-hydroxylation sites is 13. The zero-order valence-electron chi connectivity index (χ0n) is 60.1. The normalized spacial score (nSPS) is 14.0. The Balaban J connectivity index is 0.000000104. The van der Waals surface area contributed by atoms with Crippen LogP contribution in [-0.4, -0.2) is 39.8 Å². The number of nitrogens with zero attached hydrogens (tertiary/aromatic N) is 6. The van der Waals surface area contributed by atoms with Gasteiger partial charge in [0, 0.05) is 119 Å². The standard InChI is InChI=1S/C19H15N.C19H23N.C15H15N.C15H13N.C13H11NO.C13H11NS/c1-20-18-10-6-5-9-16(18)17-13-15(11-12-19(17)20)14-7-3-2-4-8-14;1-18(2)14-10-6-8-12-16(14)20(5)17-13-9-7-11-15(17)19(18,3)4;2*1-16-14-8-4-2-6-12(14)10-11-13-7-3-5-9-15(13)16;2*1-14-10-6-2-4-8-12(10)15-13-9-5-3-7-11(13)14/h2-13H,1H3;6-13H,1-5H3;2-9H,10-11H2,1H3;2-11H,1H3;2*2-9H,1H3. The van der Waals surface area contributed by atoms with Crippen LogP contribution in [0.1, 0.15) is 61.1 Å². The molecule has 19 rings (SSSR count). The highest BCUT2D eigenvalue weighted by Gasteiger charge is 2.45. The van der Waals surface area contributed by atoms with Gasteiger partial charge in [-0.25, -0.2) is 0 Å². The van der Waals surface area contributed by atoms with E-state index in [9.17, 15) is 0 Å². The molecule has 6 heterocycles. The second-order valence-corrected chi connectivity index (χ2v) is 28.6. The first kappa shape index (κ1) is 67.7. The second kappa shape index (κ2) is 29.4. The van der Waals surface area contributed by atoms with Crippen LogP contribution < -0.4 is 29.2 Å². The topological polar surface area (TPSA) is 30.4 Å². The van der Waals surface area contributed by atoms with Gasteiger partial charge in [-0.05, 0) is 160 Å². The van der Waals surface area contributed by atoms with Crippen molar-refractivity contribution in [3.8, 4) is 22.6 Å². The molecule has 8 heteroatoms. The Bertz CT molecular complexity index is 5000. The summed E-state index contributed by atoms with van der Waals surface area (Å²) in [6.07, 6.45) is 6.63. The van der Waals surface area contributed by atoms with Crippen molar-refractivity contribution >= 4 is 103 Å². The van der Waals surface area contributed by atoms with Crippen molar-refractivity contribution in [1.29, 1.82) is 0 Å². The van der Waals surface area contributed by atoms with E-state index in [-0.39, 0.29) is 10.8 Å². The Labute approximate surface area is 607 Å². The molecule has 0 saturated carbocycles. The molecular formula is C94H88N6OS. The Hall–Kier alpha value is -11.5. The molecule has 506 valence electrons. The molecule has 0 fully saturated rings. The molecule has 0 N–H and O–H groups in total. The molecule has 7 nitrogen and oxygen atoms in total. The second-order valence-electron chi connectivity index (χ2n) is 27.5. The smallest absolute Gasteiger partial charge is 0.151 e. The monoisotopic (exact) mass is 1350 g/mol. The summed E-state index contributed by atoms with van der Waals surface area (Å²) < 4.78 is 8.07. The van der Waals surface area contributed by atoms with E-state index in [0.29, 0.717) is 0 Å². The highest BCUT2D eigenvalue weighted by atomic mass is 32.2. The molecule has 0 atom stereocenters. The Morgan fingerprint density at radius 3 is 1.16 bits per heavy atom. The van der Waals surface area contributed by atoms with Crippen molar-refractivity contribution in [3.05, 3.63) is 349 Å². The van der Waals surface area contributed by atoms with Crippen LogP contribution >= 0.6 is 11.8 Å². The Kier molecular flexibility index (Phi) is 19.5. The molecule has 0 radical (unpaired) electrons. The third-order valence-electron chi connectivity index (χ3n) is 21.2. The summed E-state index contributed by atoms with van der Waals surface area (Å²) >= 11 is 1.84. The minimum atomic E-state index is 0.0739. The Morgan fingerprint density at radius 2 is 0.637 bits per heavy atom. The number of hydrogen-bond donors (Lipinski definition) is 0. The first-order valence-electron chi connectivity index (χ1n) is 35.3. The van der Waals surface area contributed by atoms with Crippen LogP contribution in [0.2, 0.25) is 0 Å². The van der Waals surface area contributed by atoms with E-state index < -0.39 is 0 Å². The van der Waals surface area contributed by atoms with E-state index in [4.69, 9.17) is 4.74 Å². The van der Waals surface area contributed by atoms with Crippen molar-refractivity contribution < 1.29 is 4.74 Å². The first-order valence-corrected chi connectivity index (χ1v) is 36.1. The van der Waals surface area contributed by atoms with Crippen LogP contribution in [0.4, 0.5) is 56.9 Å². The lowest BCUT2D eigenvalue weighted by Gasteiger charge is -2.42. The lowest BCUT2D eigenvalue weighted by molar-refractivity contribution is 0.307. The molecule has 0 unspecified atom stereocenters. The van der Waals surface area contributed by atoms with Gasteiger partial charge in [0.2, 0.25) is 0 Å². The van der Waals surface area contributed by atoms with Gasteiger partial charge < -0.3 is 33.8 Å². The van der Waals surface area contributed by atoms with Crippen molar-refractivity contribution in [2.75, 3.05) is 59.7 Å². The van der Waals surface area contributed by atoms with Crippen molar-refractivity contribution in [2.24, 2.45) is 7.05 Å². The lowest BCUT2D eigenvalue weighted by atomic mass is 9.61. The molecule has 5 aliphatic rings. The first-order chi connectivity index (χ1) is 49.7. The van der Waals surface area contributed by atoms with E-state index >= 15 is 0 Å². The molecule has 5 aliphatic heterocycles. The molecule has 14 aromatic rings. The molecule has 0 spiro atoms. The lowest BCUT2D eigenvalue weighted by Crippen LogP contribution is -2.39. The fourth-order valence-corrected chi connectivity index (χ4v) is 16.0. The largest absolute Gasteiger partial charge is 0.453 e. The summed E-state index contributed by atoms with van der Waals surface area (Å²) in [5.41, 5.74) is 26.1. The number of fused-ring (bicyclic) bond motifs is 13. The van der Waals surface area contributed by atoms with E-state index in [1.807, 2.05) is 48.2 Å². The summed E-state index contributed by atoms with van der Waals surface area (Å²) in [7, 11) is 12.8. The summed E-state index contributed by atoms with van der Waals surface area (Å²) in [6.45, 7) is 9.45. The fourth-order valence-electron chi connectivity index (χ4n) is 14.8. The van der Waals surface area contributed by atoms with Gasteiger partial charge in [0.05, 0.1) is 22.7 Å². The molecular weight excluding hydrogens is 1260 g/mol. The third-order valence-corrected chi connectivity index (χ3v) is 22.3. The van der Waals surface area contributed by atoms with Gasteiger partial charge in [-0.1, -0.05) is 264 Å². The molecule has 0 amide bonds. The van der Waals surface area contributed by atoms with Crippen LogP contribution in [0.3, 0.4) is 0 Å². The fraction of sp³-hybridized carbons (Fsp3) is 0.149. The minimum Gasteiger partial charge on any atom is -0.453 e. The summed E-state index contributed by atoms with van der Waals surface area (Å²) in [5.74, 6) is 1.83. The van der Waals surface area contributed by atoms with E-state index in [0.717, 1.165) is 35.7 Å². The number of hydrogen-bond acceptors (Lipinski definition) is 7. The predicted octanol–water partition coefficient (Wildman–Crippen LogP) is 25.0. The van der Waals surface area contributed by atoms with Crippen LogP contribution in [0.15, 0.2) is 325 Å². The molecule has 0 bridgehead atoms. The highest BCUT2D eigenvalue weighted by molar-refractivity contribution is 7.99. The Morgan fingerprint density at radius 1 is 0.284 bits per heavy atom. The molecule has 0 aliphatic carbocycles. The zero-order valence-corrected chi connectivity index (χ0v) is 60.9. The van der Waals surface area contributed by atoms with Gasteiger partial charge >= 0.3 is 0 Å². The average molecular weight is 1350 g/mol. The highest BCUT2D eigenvalue weighted by Crippen LogP contribution is 2.54. The van der Waals surface area contributed by atoms with Crippen LogP contribution in [0.25, 0.3) is 45.1 Å². The quantitative estimate of drug-likeness (QED) is 0.162. The van der Waals surface area contributed by atoms with Gasteiger partial charge in [-0.3, -0.25) is 0 Å². The SMILES string of the molecule is CN1c2ccccc2C(C)(C)C(C)(C)c2ccccc21.CN1c2ccccc2C=Cc2ccccc21.CN1c2ccccc2CCc2ccccc21.CN1c2ccccc2Oc2ccccc21.CN1c2ccccc2Sc2ccccc21.Cn1c2ccccc2c2cc(-c3ccccc3)ccc21. The van der Waals surface area contributed by atoms with Crippen LogP contribution in [0.5, 0.6) is 11.5 Å². The third kappa shape index (κ3) is 13.3. The van der Waals surface area contributed by atoms with E-state index in [2.05, 4.69) is 390 Å². The summed E-state index contributed by atoms with van der Waals surface area (Å²) in [5, 5.41) is 2.65. The average Bonchev–Trinajstić information content (AvgIpc) is 1.56. The van der Waals surface area contributed by atoms with Gasteiger partial charge in [0.25, 0.3) is 0 Å². The zero-order chi connectivity index (χ0) is 70.5.